The monoisotopic (exact) mass is 652 g/mol. The van der Waals surface area contributed by atoms with Gasteiger partial charge in [-0.25, -0.2) is 9.36 Å². The Bertz CT molecular complexity index is 1060. The van der Waals surface area contributed by atoms with Crippen molar-refractivity contribution in [2.45, 2.75) is 53.2 Å². The Morgan fingerprint density at radius 1 is 1.14 bits per heavy atom. The zero-order chi connectivity index (χ0) is 27.5. The summed E-state index contributed by atoms with van der Waals surface area (Å²) < 4.78 is 37.1. The molecule has 1 aliphatic heterocycles. The van der Waals surface area contributed by atoms with Gasteiger partial charge in [0.2, 0.25) is 7.59 Å². The molecule has 0 bridgehead atoms. The van der Waals surface area contributed by atoms with Crippen LogP contribution in [0.15, 0.2) is 15.8 Å². The molecule has 0 saturated carbocycles. The van der Waals surface area contributed by atoms with Gasteiger partial charge in [0.25, 0.3) is 5.56 Å². The lowest BCUT2D eigenvalue weighted by atomic mass is 10.1. The Labute approximate surface area is 236 Å². The lowest BCUT2D eigenvalue weighted by Crippen LogP contribution is -2.33. The van der Waals surface area contributed by atoms with Gasteiger partial charge in [-0.3, -0.25) is 32.7 Å². The van der Waals surface area contributed by atoms with E-state index in [2.05, 4.69) is 4.98 Å². The van der Waals surface area contributed by atoms with Gasteiger partial charge in [-0.2, -0.15) is 0 Å². The molecule has 0 spiro atoms. The molecule has 1 aromatic rings. The summed E-state index contributed by atoms with van der Waals surface area (Å²) in [6.45, 7) is 2.81. The number of aromatic amines is 1. The summed E-state index contributed by atoms with van der Waals surface area (Å²) in [7, 11) is -4.50. The number of nitrogens with zero attached hydrogens (tertiary/aromatic N) is 1. The van der Waals surface area contributed by atoms with Crippen molar-refractivity contribution in [1.29, 1.82) is 0 Å². The van der Waals surface area contributed by atoms with Gasteiger partial charge in [0.05, 0.1) is 12.5 Å². The molecular formula is C18H23Cl6N2O9P. The van der Waals surface area contributed by atoms with E-state index in [0.717, 1.165) is 4.57 Å². The Morgan fingerprint density at radius 2 is 1.69 bits per heavy atom. The lowest BCUT2D eigenvalue weighted by molar-refractivity contribution is -0.156. The van der Waals surface area contributed by atoms with Crippen LogP contribution in [-0.4, -0.2) is 55.1 Å². The number of carbonyl (C=O) groups excluding carboxylic acids is 1. The molecule has 1 aromatic heterocycles. The van der Waals surface area contributed by atoms with E-state index >= 15 is 0 Å². The molecule has 1 fully saturated rings. The van der Waals surface area contributed by atoms with Gasteiger partial charge in [-0.1, -0.05) is 83.5 Å². The predicted octanol–water partition coefficient (Wildman–Crippen LogP) is 4.60. The van der Waals surface area contributed by atoms with Gasteiger partial charge in [0.1, 0.15) is 31.6 Å². The fraction of sp³-hybridized carbons (Fsp3) is 0.722. The SMILES string of the molecule is Cc1cn([C@H]2C[C@H](OC(=O)C(C)C)[C@@H](COP(=O)(OCC(Cl)(Cl)Cl)OCC(Cl)(Cl)Cl)O2)c(=O)[nH]c1=O. The lowest BCUT2D eigenvalue weighted by Gasteiger charge is -2.25. The number of carbonyl (C=O) groups is 1. The highest BCUT2D eigenvalue weighted by molar-refractivity contribution is 7.48. The second-order valence-electron chi connectivity index (χ2n) is 7.99. The third kappa shape index (κ3) is 10.3. The molecule has 1 aliphatic rings. The van der Waals surface area contributed by atoms with Crippen LogP contribution in [0, 0.1) is 12.8 Å². The molecule has 0 radical (unpaired) electrons. The van der Waals surface area contributed by atoms with E-state index in [1.54, 1.807) is 13.8 Å². The summed E-state index contributed by atoms with van der Waals surface area (Å²) in [5.41, 5.74) is -1.05. The van der Waals surface area contributed by atoms with Crippen LogP contribution in [0.5, 0.6) is 0 Å². The number of ether oxygens (including phenoxy) is 2. The van der Waals surface area contributed by atoms with Crippen molar-refractivity contribution in [2.75, 3.05) is 19.8 Å². The number of aryl methyl sites for hydroxylation is 1. The third-order valence-electron chi connectivity index (χ3n) is 4.55. The maximum absolute atomic E-state index is 13.1. The number of alkyl halides is 6. The minimum Gasteiger partial charge on any atom is -0.459 e. The number of halogens is 6. The molecule has 11 nitrogen and oxygen atoms in total. The summed E-state index contributed by atoms with van der Waals surface area (Å²) >= 11 is 33.9. The van der Waals surface area contributed by atoms with E-state index < -0.39 is 76.8 Å². The minimum absolute atomic E-state index is 0.00615. The summed E-state index contributed by atoms with van der Waals surface area (Å²) in [6, 6.07) is 0. The zero-order valence-electron chi connectivity index (χ0n) is 19.1. The van der Waals surface area contributed by atoms with Gasteiger partial charge >= 0.3 is 19.5 Å². The molecule has 0 amide bonds. The van der Waals surface area contributed by atoms with Crippen molar-refractivity contribution in [3.63, 3.8) is 0 Å². The van der Waals surface area contributed by atoms with Crippen LogP contribution in [0.4, 0.5) is 0 Å². The molecule has 0 aromatic carbocycles. The number of phosphoric ester groups is 1. The summed E-state index contributed by atoms with van der Waals surface area (Å²) in [4.78, 5) is 38.5. The standard InChI is InChI=1S/C18H23Cl6N2O9P/c1-9(2)15(28)35-11-4-13(26-5-10(3)14(27)25-16(26)29)34-12(11)6-31-36(30,32-7-17(19,20)21)33-8-18(22,23)24/h5,9,11-13H,4,6-8H2,1-3H3,(H,25,27,29)/t11-,12+,13+/m0/s1. The smallest absolute Gasteiger partial charge is 0.459 e. The van der Waals surface area contributed by atoms with E-state index in [-0.39, 0.29) is 12.0 Å². The predicted molar refractivity (Wildman–Crippen MR) is 135 cm³/mol. The van der Waals surface area contributed by atoms with Crippen LogP contribution >= 0.6 is 77.4 Å². The van der Waals surface area contributed by atoms with Crippen LogP contribution in [-0.2, 0) is 32.4 Å². The quantitative estimate of drug-likeness (QED) is 0.218. The van der Waals surface area contributed by atoms with E-state index in [9.17, 15) is 18.9 Å². The van der Waals surface area contributed by atoms with Crippen molar-refractivity contribution >= 4 is 83.4 Å². The van der Waals surface area contributed by atoms with Crippen LogP contribution in [0.25, 0.3) is 0 Å². The molecule has 0 aliphatic carbocycles. The largest absolute Gasteiger partial charge is 0.475 e. The molecule has 3 atom stereocenters. The maximum atomic E-state index is 13.1. The highest BCUT2D eigenvalue weighted by Gasteiger charge is 2.43. The zero-order valence-corrected chi connectivity index (χ0v) is 24.5. The van der Waals surface area contributed by atoms with Gasteiger partial charge in [-0.05, 0) is 6.92 Å². The molecule has 2 rings (SSSR count). The van der Waals surface area contributed by atoms with Crippen LogP contribution in [0.2, 0.25) is 0 Å². The molecule has 206 valence electrons. The van der Waals surface area contributed by atoms with Crippen molar-refractivity contribution < 1.29 is 32.4 Å². The first-order valence-electron chi connectivity index (χ1n) is 10.2. The fourth-order valence-corrected chi connectivity index (χ4v) is 4.85. The molecule has 1 N–H and O–H groups in total. The topological polar surface area (TPSA) is 135 Å². The number of hydrogen-bond acceptors (Lipinski definition) is 9. The van der Waals surface area contributed by atoms with Crippen molar-refractivity contribution in [3.8, 4) is 0 Å². The molecule has 1 saturated heterocycles. The average molecular weight is 655 g/mol. The van der Waals surface area contributed by atoms with Crippen LogP contribution < -0.4 is 11.2 Å². The first-order valence-corrected chi connectivity index (χ1v) is 14.0. The second kappa shape index (κ2) is 12.9. The van der Waals surface area contributed by atoms with Gasteiger partial charge in [0.15, 0.2) is 0 Å². The van der Waals surface area contributed by atoms with Gasteiger partial charge in [0, 0.05) is 18.2 Å². The van der Waals surface area contributed by atoms with E-state index in [1.807, 2.05) is 0 Å². The van der Waals surface area contributed by atoms with Crippen molar-refractivity contribution in [2.24, 2.45) is 5.92 Å². The Kier molecular flexibility index (Phi) is 11.5. The minimum atomic E-state index is -4.50. The fourth-order valence-electron chi connectivity index (χ4n) is 2.81. The highest BCUT2D eigenvalue weighted by atomic mass is 35.6. The maximum Gasteiger partial charge on any atom is 0.475 e. The van der Waals surface area contributed by atoms with E-state index in [0.29, 0.717) is 0 Å². The number of H-pyrrole nitrogens is 1. The third-order valence-corrected chi connectivity index (χ3v) is 6.56. The number of hydrogen-bond donors (Lipinski definition) is 1. The molecule has 2 heterocycles. The van der Waals surface area contributed by atoms with E-state index in [1.165, 1.54) is 13.1 Å². The van der Waals surface area contributed by atoms with Gasteiger partial charge < -0.3 is 9.47 Å². The Morgan fingerprint density at radius 3 is 2.19 bits per heavy atom. The number of phosphoric acid groups is 1. The van der Waals surface area contributed by atoms with Crippen molar-refractivity contribution in [1.82, 2.24) is 9.55 Å². The molecular weight excluding hydrogens is 632 g/mol. The number of nitrogens with one attached hydrogen (secondary N) is 1. The first kappa shape index (κ1) is 32.2. The Balaban J connectivity index is 2.26. The summed E-state index contributed by atoms with van der Waals surface area (Å²) in [6.07, 6.45) is -1.66. The number of aromatic nitrogens is 2. The average Bonchev–Trinajstić information content (AvgIpc) is 3.13. The van der Waals surface area contributed by atoms with Crippen molar-refractivity contribution in [3.05, 3.63) is 32.6 Å². The normalized spacial score (nSPS) is 21.2. The number of esters is 1. The van der Waals surface area contributed by atoms with Gasteiger partial charge in [-0.15, -0.1) is 0 Å². The second-order valence-corrected chi connectivity index (χ2v) is 14.7. The van der Waals surface area contributed by atoms with E-state index in [4.69, 9.17) is 92.7 Å². The molecule has 0 unspecified atom stereocenters. The van der Waals surface area contributed by atoms with Crippen LogP contribution in [0.1, 0.15) is 32.1 Å². The number of rotatable bonds is 10. The highest BCUT2D eigenvalue weighted by Crippen LogP contribution is 2.53. The molecule has 36 heavy (non-hydrogen) atoms. The first-order chi connectivity index (χ1) is 16.4. The summed E-state index contributed by atoms with van der Waals surface area (Å²) in [5, 5.41) is 0. The molecule has 18 heteroatoms. The van der Waals surface area contributed by atoms with Crippen LogP contribution in [0.3, 0.4) is 0 Å². The Hall–Kier alpha value is -0.0400. The summed E-state index contributed by atoms with van der Waals surface area (Å²) in [5.74, 6) is -1.03.